The van der Waals surface area contributed by atoms with Crippen molar-refractivity contribution >= 4 is 130 Å². The summed E-state index contributed by atoms with van der Waals surface area (Å²) >= 11 is 0. The van der Waals surface area contributed by atoms with E-state index in [4.69, 9.17) is 54.5 Å². The normalized spacial score (nSPS) is 26.4. The second-order valence-electron chi connectivity index (χ2n) is 35.2. The Morgan fingerprint density at radius 3 is 0.980 bits per heavy atom. The number of hydrogen-bond donors (Lipinski definition) is 35. The highest BCUT2D eigenvalue weighted by molar-refractivity contribution is 5.99. The fraction of sp³-hybridized carbons (Fsp3) is 0.738. The average Bonchev–Trinajstić information content (AvgIpc) is 0.773. The molecule has 65 heteroatoms. The standard InChI is InChI=1S/C84H137N19O46/c1-29(89-71(128)33(5)142-65-57(95-37(9)112)81(140)144-49(27-108)63(65)148-83-55(93-35(7)110)61(122)59(120)47(25-106)146-83)68(125)99-40(67(86)124)15-17-51(114)98-42(77(134)92-32(4)79(136)137)14-12-20-88-75(132)46(24-105)103-78(135)44(22-54(118)119)101-70(127)31(3)91-76(133)41(13-11-19-87-74(131)45(23-104)102-73(130)39(85)21-53(116)117)97-52(115)18-16-43(80(138)139)100-69(126)30(2)90-72(129)34(6)143-66-58(96-38(10)113)82(141)145-50(28-109)64(66)149-84-56(94-36(8)111)62(123)60(121)48(26-107)147-84/h29-34,39-50,55-66,81-84,104-109,120-123,140-141H,11-28,85H2,1-10H3,(H2,86,124)(H,87,131)(H,88,132)(H,89,128)(H,90,129)(H,91,133)(H,92,134)(H,93,110)(H,94,111)(H,95,112)(H,96,113)(H,97,115)(H,98,114)(H,99,125)(H,100,126)(H,101,127)(H,102,130)(H,103,135)(H,116,117)(H,118,119)(H,136,137)(H,138,139). The molecule has 149 heavy (non-hydrogen) atoms. The molecule has 65 nitrogen and oxygen atoms in total. The summed E-state index contributed by atoms with van der Waals surface area (Å²) in [4.78, 5) is 287. The van der Waals surface area contributed by atoms with Crippen molar-refractivity contribution < 1.29 is 225 Å². The number of carboxylic acids is 4. The van der Waals surface area contributed by atoms with E-state index >= 15 is 0 Å². The van der Waals surface area contributed by atoms with E-state index in [1.54, 1.807) is 0 Å². The summed E-state index contributed by atoms with van der Waals surface area (Å²) in [6.07, 6.45) is -38.7. The molecule has 4 heterocycles. The van der Waals surface area contributed by atoms with Crippen molar-refractivity contribution in [3.05, 3.63) is 0 Å². The van der Waals surface area contributed by atoms with E-state index in [1.807, 2.05) is 10.6 Å². The van der Waals surface area contributed by atoms with Crippen LogP contribution in [0.2, 0.25) is 0 Å². The fourth-order valence-corrected chi connectivity index (χ4v) is 15.1. The molecule has 18 amide bonds. The van der Waals surface area contributed by atoms with Gasteiger partial charge in [-0.25, -0.2) is 4.79 Å². The number of rotatable bonds is 61. The van der Waals surface area contributed by atoms with Crippen molar-refractivity contribution in [3.8, 4) is 0 Å². The highest BCUT2D eigenvalue weighted by atomic mass is 16.7. The number of hydrogen-bond acceptors (Lipinski definition) is 43. The first-order valence-electron chi connectivity index (χ1n) is 46.7. The number of aliphatic carboxylic acids is 4. The Balaban J connectivity index is 1.46. The number of primary amides is 1. The first kappa shape index (κ1) is 129. The number of nitrogens with one attached hydrogen (secondary N) is 17. The SMILES string of the molecule is CC(=O)NC1C(OC2C(CO)OC(O)C(NC(C)=O)C2OC(C)C(=O)NC(C)C(=O)NC(CCC(=O)NC(CCCNC(=O)C(CO)NC(=O)C(CC(=O)O)NC(=O)C(C)NC(=O)C(CCCNC(=O)C(CO)NC(=O)C(N)CC(=O)O)NC(=O)CCC(NC(=O)C(C)NC(=O)C(C)OC2C(NC(C)=O)C(O)OC(CO)C2OC2OC(CO)C(O)C(O)C2NC(C)=O)C(=O)O)C(=O)NC(C)C(=O)O)C(N)=O)OC(CO)C(O)C1O. The lowest BCUT2D eigenvalue weighted by molar-refractivity contribution is -0.333. The Hall–Kier alpha value is -12.5. The number of carbonyl (C=O) groups is 22. The maximum Gasteiger partial charge on any atom is 0.326 e. The van der Waals surface area contributed by atoms with Gasteiger partial charge in [0.15, 0.2) is 25.2 Å². The van der Waals surface area contributed by atoms with E-state index in [2.05, 4.69) is 79.8 Å². The molecule has 34 unspecified atom stereocenters. The van der Waals surface area contributed by atoms with Gasteiger partial charge in [-0.1, -0.05) is 0 Å². The molecule has 0 aromatic heterocycles. The van der Waals surface area contributed by atoms with Crippen molar-refractivity contribution in [2.75, 3.05) is 52.7 Å². The molecule has 37 N–H and O–H groups in total. The van der Waals surface area contributed by atoms with Crippen molar-refractivity contribution in [2.24, 2.45) is 11.5 Å². The quantitative estimate of drug-likeness (QED) is 0.0251. The third-order valence-corrected chi connectivity index (χ3v) is 23.2. The lowest BCUT2D eigenvalue weighted by atomic mass is 9.94. The minimum absolute atomic E-state index is 0.318. The van der Waals surface area contributed by atoms with Crippen LogP contribution in [0.3, 0.4) is 0 Å². The van der Waals surface area contributed by atoms with Crippen LogP contribution in [0, 0.1) is 0 Å². The molecule has 4 fully saturated rings. The van der Waals surface area contributed by atoms with Crippen molar-refractivity contribution in [2.45, 2.75) is 341 Å². The van der Waals surface area contributed by atoms with Gasteiger partial charge in [0.05, 0.1) is 58.5 Å². The van der Waals surface area contributed by atoms with Crippen molar-refractivity contribution in [1.29, 1.82) is 0 Å². The fourth-order valence-electron chi connectivity index (χ4n) is 15.1. The molecule has 844 valence electrons. The minimum Gasteiger partial charge on any atom is -0.481 e. The van der Waals surface area contributed by atoms with Crippen LogP contribution >= 0.6 is 0 Å². The molecule has 4 aliphatic rings. The van der Waals surface area contributed by atoms with Gasteiger partial charge < -0.3 is 221 Å². The topological polar surface area (TPSA) is 1030 Å². The van der Waals surface area contributed by atoms with E-state index in [9.17, 15) is 182 Å². The number of carboxylic acid groups (broad SMARTS) is 4. The third-order valence-electron chi connectivity index (χ3n) is 23.2. The summed E-state index contributed by atoms with van der Waals surface area (Å²) in [6.45, 7) is 3.40. The van der Waals surface area contributed by atoms with Gasteiger partial charge >= 0.3 is 23.9 Å². The number of ether oxygens (including phenoxy) is 8. The molecule has 34 atom stereocenters. The molecule has 0 spiro atoms. The highest BCUT2D eigenvalue weighted by Gasteiger charge is 2.56. The maximum atomic E-state index is 14.2. The molecule has 0 saturated carbocycles. The van der Waals surface area contributed by atoms with E-state index in [0.717, 1.165) is 69.2 Å². The summed E-state index contributed by atoms with van der Waals surface area (Å²) in [5.74, 6) is -26.6. The summed E-state index contributed by atoms with van der Waals surface area (Å²) in [6, 6.07) is -28.1. The van der Waals surface area contributed by atoms with Gasteiger partial charge in [0, 0.05) is 53.6 Å². The van der Waals surface area contributed by atoms with Gasteiger partial charge in [-0.2, -0.15) is 0 Å². The number of amides is 18. The predicted octanol–water partition coefficient (Wildman–Crippen LogP) is -19.7. The Kier molecular flexibility index (Phi) is 53.8. The molecule has 4 rings (SSSR count). The highest BCUT2D eigenvalue weighted by Crippen LogP contribution is 2.34. The van der Waals surface area contributed by atoms with E-state index in [0.29, 0.717) is 0 Å². The van der Waals surface area contributed by atoms with Gasteiger partial charge in [0.2, 0.25) is 106 Å². The van der Waals surface area contributed by atoms with Crippen LogP contribution in [0.15, 0.2) is 0 Å². The smallest absolute Gasteiger partial charge is 0.326 e. The molecule has 0 aromatic carbocycles. The van der Waals surface area contributed by atoms with Gasteiger partial charge in [-0.15, -0.1) is 0 Å². The van der Waals surface area contributed by atoms with Crippen LogP contribution in [-0.4, -0.2) is 472 Å². The maximum absolute atomic E-state index is 14.2. The van der Waals surface area contributed by atoms with Gasteiger partial charge in [0.1, 0.15) is 176 Å². The Labute approximate surface area is 847 Å². The van der Waals surface area contributed by atoms with E-state index in [1.165, 1.54) is 0 Å². The Morgan fingerprint density at radius 1 is 0.322 bits per heavy atom. The second kappa shape index (κ2) is 62.2. The molecule has 0 aromatic rings. The average molecular weight is 2150 g/mol. The number of aliphatic hydroxyl groups excluding tert-OH is 12. The molecule has 4 saturated heterocycles. The van der Waals surface area contributed by atoms with Crippen LogP contribution in [0.4, 0.5) is 0 Å². The zero-order valence-electron chi connectivity index (χ0n) is 82.4. The summed E-state index contributed by atoms with van der Waals surface area (Å²) in [7, 11) is 0. The number of carbonyl (C=O) groups excluding carboxylic acids is 18. The van der Waals surface area contributed by atoms with Crippen LogP contribution in [0.5, 0.6) is 0 Å². The van der Waals surface area contributed by atoms with Gasteiger partial charge in [0.25, 0.3) is 0 Å². The van der Waals surface area contributed by atoms with Crippen molar-refractivity contribution in [3.63, 3.8) is 0 Å². The van der Waals surface area contributed by atoms with Crippen LogP contribution in [-0.2, 0) is 143 Å². The zero-order chi connectivity index (χ0) is 113. The summed E-state index contributed by atoms with van der Waals surface area (Å²) < 4.78 is 46.5. The van der Waals surface area contributed by atoms with Gasteiger partial charge in [-0.3, -0.25) is 101 Å². The molecular weight excluding hydrogens is 2010 g/mol. The lowest BCUT2D eigenvalue weighted by Crippen LogP contribution is -2.70. The van der Waals surface area contributed by atoms with Crippen LogP contribution in [0.1, 0.15) is 133 Å². The molecule has 0 bridgehead atoms. The first-order chi connectivity index (χ1) is 69.8. The van der Waals surface area contributed by atoms with Gasteiger partial charge in [-0.05, 0) is 80.1 Å². The minimum atomic E-state index is -2.17. The first-order valence-corrected chi connectivity index (χ1v) is 46.7. The Bertz CT molecular complexity index is 4610. The molecule has 4 aliphatic heterocycles. The molecular formula is C84H137N19O46. The van der Waals surface area contributed by atoms with Crippen LogP contribution in [0.25, 0.3) is 0 Å². The van der Waals surface area contributed by atoms with E-state index in [-0.39, 0.29) is 12.8 Å². The number of nitrogens with two attached hydrogens (primary N) is 2. The van der Waals surface area contributed by atoms with Crippen LogP contribution < -0.4 is 102 Å². The van der Waals surface area contributed by atoms with Crippen molar-refractivity contribution in [1.82, 2.24) is 90.4 Å². The summed E-state index contributed by atoms with van der Waals surface area (Å²) in [5, 5.41) is 203. The number of aliphatic hydroxyl groups is 12. The Morgan fingerprint density at radius 2 is 0.644 bits per heavy atom. The zero-order valence-corrected chi connectivity index (χ0v) is 82.4. The summed E-state index contributed by atoms with van der Waals surface area (Å²) in [5.41, 5.74) is 11.2. The lowest BCUT2D eigenvalue weighted by Gasteiger charge is -2.48. The predicted molar refractivity (Wildman–Crippen MR) is 488 cm³/mol. The largest absolute Gasteiger partial charge is 0.481 e. The monoisotopic (exact) mass is 2150 g/mol. The second-order valence-corrected chi connectivity index (χ2v) is 35.2. The molecule has 0 radical (unpaired) electrons. The third kappa shape index (κ3) is 40.7. The van der Waals surface area contributed by atoms with E-state index < -0.39 is 442 Å². The molecule has 0 aliphatic carbocycles.